The van der Waals surface area contributed by atoms with E-state index in [0.29, 0.717) is 0 Å². The minimum absolute atomic E-state index is 0.0772. The van der Waals surface area contributed by atoms with Gasteiger partial charge in [0.15, 0.2) is 0 Å². The fourth-order valence-corrected chi connectivity index (χ4v) is 2.45. The summed E-state index contributed by atoms with van der Waals surface area (Å²) >= 11 is 0. The molecule has 0 saturated heterocycles. The van der Waals surface area contributed by atoms with Crippen LogP contribution in [0.15, 0.2) is 42.5 Å². The first-order valence-corrected chi connectivity index (χ1v) is 7.64. The fourth-order valence-electron chi connectivity index (χ4n) is 2.45. The predicted octanol–water partition coefficient (Wildman–Crippen LogP) is 4.36. The summed E-state index contributed by atoms with van der Waals surface area (Å²) in [6.45, 7) is 8.19. The van der Waals surface area contributed by atoms with Crippen molar-refractivity contribution in [3.63, 3.8) is 0 Å². The molecule has 2 rings (SSSR count). The number of carbonyl (C=O) groups excluding carboxylic acids is 1. The molecule has 0 aliphatic heterocycles. The van der Waals surface area contributed by atoms with Crippen molar-refractivity contribution < 1.29 is 4.79 Å². The highest BCUT2D eigenvalue weighted by Gasteiger charge is 2.08. The number of urea groups is 1. The molecule has 0 bridgehead atoms. The largest absolute Gasteiger partial charge is 0.335 e. The molecular formula is C19H24N2O. The number of aryl methyl sites for hydroxylation is 3. The lowest BCUT2D eigenvalue weighted by Crippen LogP contribution is -2.37. The average molecular weight is 296 g/mol. The van der Waals surface area contributed by atoms with Crippen LogP contribution in [0.1, 0.15) is 29.2 Å². The first-order valence-electron chi connectivity index (χ1n) is 7.64. The summed E-state index contributed by atoms with van der Waals surface area (Å²) in [5.74, 6) is 0. The fraction of sp³-hybridized carbons (Fsp3) is 0.316. The van der Waals surface area contributed by atoms with E-state index in [2.05, 4.69) is 42.7 Å². The zero-order valence-corrected chi connectivity index (χ0v) is 13.7. The highest BCUT2D eigenvalue weighted by molar-refractivity contribution is 5.89. The van der Waals surface area contributed by atoms with Gasteiger partial charge in [0.25, 0.3) is 0 Å². The summed E-state index contributed by atoms with van der Waals surface area (Å²) in [5, 5.41) is 5.87. The van der Waals surface area contributed by atoms with Gasteiger partial charge in [0.2, 0.25) is 0 Å². The maximum absolute atomic E-state index is 12.1. The molecule has 0 aromatic heterocycles. The molecule has 2 N–H and O–H groups in total. The normalized spacial score (nSPS) is 11.8. The quantitative estimate of drug-likeness (QED) is 0.864. The summed E-state index contributed by atoms with van der Waals surface area (Å²) in [6.07, 6.45) is 0.821. The van der Waals surface area contributed by atoms with E-state index in [-0.39, 0.29) is 12.1 Å². The second-order valence-electron chi connectivity index (χ2n) is 5.99. The summed E-state index contributed by atoms with van der Waals surface area (Å²) < 4.78 is 0. The highest BCUT2D eigenvalue weighted by Crippen LogP contribution is 2.14. The Hall–Kier alpha value is -2.29. The Morgan fingerprint density at radius 2 is 1.82 bits per heavy atom. The average Bonchev–Trinajstić information content (AvgIpc) is 2.42. The molecule has 0 heterocycles. The Kier molecular flexibility index (Phi) is 5.21. The van der Waals surface area contributed by atoms with Crippen molar-refractivity contribution in [1.29, 1.82) is 0 Å². The van der Waals surface area contributed by atoms with Crippen molar-refractivity contribution in [2.45, 2.75) is 40.2 Å². The molecule has 116 valence electrons. The third kappa shape index (κ3) is 4.62. The maximum Gasteiger partial charge on any atom is 0.319 e. The molecule has 1 atom stereocenters. The second-order valence-corrected chi connectivity index (χ2v) is 5.99. The van der Waals surface area contributed by atoms with Crippen molar-refractivity contribution in [2.24, 2.45) is 0 Å². The number of hydrogen-bond acceptors (Lipinski definition) is 1. The third-order valence-electron chi connectivity index (χ3n) is 3.77. The minimum Gasteiger partial charge on any atom is -0.335 e. The van der Waals surface area contributed by atoms with Gasteiger partial charge in [-0.25, -0.2) is 4.79 Å². The Morgan fingerprint density at radius 3 is 2.50 bits per heavy atom. The van der Waals surface area contributed by atoms with Crippen LogP contribution in [-0.2, 0) is 6.42 Å². The number of carbonyl (C=O) groups is 1. The summed E-state index contributed by atoms with van der Waals surface area (Å²) in [7, 11) is 0. The van der Waals surface area contributed by atoms with Gasteiger partial charge < -0.3 is 10.6 Å². The lowest BCUT2D eigenvalue weighted by atomic mass is 10.1. The molecule has 3 nitrogen and oxygen atoms in total. The zero-order valence-electron chi connectivity index (χ0n) is 13.7. The van der Waals surface area contributed by atoms with Crippen LogP contribution < -0.4 is 10.6 Å². The number of benzene rings is 2. The van der Waals surface area contributed by atoms with Gasteiger partial charge in [-0.1, -0.05) is 35.9 Å². The van der Waals surface area contributed by atoms with Gasteiger partial charge in [-0.2, -0.15) is 0 Å². The number of rotatable bonds is 4. The van der Waals surface area contributed by atoms with Gasteiger partial charge in [0.1, 0.15) is 0 Å². The molecule has 2 aromatic rings. The maximum atomic E-state index is 12.1. The van der Waals surface area contributed by atoms with Crippen molar-refractivity contribution in [1.82, 2.24) is 5.32 Å². The van der Waals surface area contributed by atoms with Crippen molar-refractivity contribution in [2.75, 3.05) is 5.32 Å². The summed E-state index contributed by atoms with van der Waals surface area (Å²) in [6, 6.07) is 14.2. The Balaban J connectivity index is 1.89. The number of amides is 2. The van der Waals surface area contributed by atoms with Gasteiger partial charge in [-0.05, 0) is 62.9 Å². The summed E-state index contributed by atoms with van der Waals surface area (Å²) in [4.78, 5) is 12.1. The zero-order chi connectivity index (χ0) is 16.1. The Bertz CT molecular complexity index is 664. The summed E-state index contributed by atoms with van der Waals surface area (Å²) in [5.41, 5.74) is 5.69. The van der Waals surface area contributed by atoms with E-state index in [4.69, 9.17) is 0 Å². The predicted molar refractivity (Wildman–Crippen MR) is 92.4 cm³/mol. The second kappa shape index (κ2) is 7.12. The van der Waals surface area contributed by atoms with Crippen LogP contribution >= 0.6 is 0 Å². The lowest BCUT2D eigenvalue weighted by molar-refractivity contribution is 0.249. The molecule has 0 radical (unpaired) electrons. The third-order valence-corrected chi connectivity index (χ3v) is 3.77. The molecule has 1 unspecified atom stereocenters. The van der Waals surface area contributed by atoms with Gasteiger partial charge in [0, 0.05) is 11.7 Å². The smallest absolute Gasteiger partial charge is 0.319 e. The van der Waals surface area contributed by atoms with E-state index >= 15 is 0 Å². The molecule has 0 saturated carbocycles. The number of nitrogens with one attached hydrogen (secondary N) is 2. The minimum atomic E-state index is -0.164. The molecular weight excluding hydrogens is 272 g/mol. The van der Waals surface area contributed by atoms with Gasteiger partial charge >= 0.3 is 6.03 Å². The molecule has 2 amide bonds. The molecule has 22 heavy (non-hydrogen) atoms. The molecule has 0 spiro atoms. The van der Waals surface area contributed by atoms with Gasteiger partial charge in [0.05, 0.1) is 0 Å². The monoisotopic (exact) mass is 296 g/mol. The van der Waals surface area contributed by atoms with Gasteiger partial charge in [-0.15, -0.1) is 0 Å². The van der Waals surface area contributed by atoms with E-state index in [1.807, 2.05) is 38.1 Å². The van der Waals surface area contributed by atoms with Gasteiger partial charge in [-0.3, -0.25) is 0 Å². The first kappa shape index (κ1) is 16.1. The van der Waals surface area contributed by atoms with Crippen LogP contribution in [-0.4, -0.2) is 12.1 Å². The van der Waals surface area contributed by atoms with Crippen molar-refractivity contribution >= 4 is 11.7 Å². The molecule has 0 fully saturated rings. The van der Waals surface area contributed by atoms with Crippen molar-refractivity contribution in [3.8, 4) is 0 Å². The van der Waals surface area contributed by atoms with E-state index in [9.17, 15) is 4.79 Å². The van der Waals surface area contributed by atoms with Crippen LogP contribution in [0, 0.1) is 20.8 Å². The Labute approximate surface area is 132 Å². The lowest BCUT2D eigenvalue weighted by Gasteiger charge is -2.15. The SMILES string of the molecule is Cc1cccc(CC(C)NC(=O)Nc2ccc(C)c(C)c2)c1. The van der Waals surface area contributed by atoms with E-state index in [1.54, 1.807) is 0 Å². The molecule has 0 aliphatic rings. The van der Waals surface area contributed by atoms with Crippen LogP contribution in [0.2, 0.25) is 0 Å². The first-order chi connectivity index (χ1) is 10.4. The van der Waals surface area contributed by atoms with Crippen LogP contribution in [0.3, 0.4) is 0 Å². The number of hydrogen-bond donors (Lipinski definition) is 2. The standard InChI is InChI=1S/C19H24N2O/c1-13-6-5-7-17(10-13)12-16(4)20-19(22)21-18-9-8-14(2)15(3)11-18/h5-11,16H,12H2,1-4H3,(H2,20,21,22). The van der Waals surface area contributed by atoms with Crippen LogP contribution in [0.5, 0.6) is 0 Å². The van der Waals surface area contributed by atoms with Crippen LogP contribution in [0.4, 0.5) is 10.5 Å². The Morgan fingerprint density at radius 1 is 1.05 bits per heavy atom. The van der Waals surface area contributed by atoms with E-state index in [1.165, 1.54) is 22.3 Å². The molecule has 0 aliphatic carbocycles. The van der Waals surface area contributed by atoms with Crippen LogP contribution in [0.25, 0.3) is 0 Å². The van der Waals surface area contributed by atoms with E-state index in [0.717, 1.165) is 12.1 Å². The van der Waals surface area contributed by atoms with Crippen molar-refractivity contribution in [3.05, 3.63) is 64.7 Å². The number of anilines is 1. The molecule has 2 aromatic carbocycles. The highest BCUT2D eigenvalue weighted by atomic mass is 16.2. The topological polar surface area (TPSA) is 41.1 Å². The van der Waals surface area contributed by atoms with E-state index < -0.39 is 0 Å². The molecule has 3 heteroatoms.